The Labute approximate surface area is 186 Å². The van der Waals surface area contributed by atoms with Crippen molar-refractivity contribution in [1.82, 2.24) is 20.1 Å². The molecule has 0 unspecified atom stereocenters. The van der Waals surface area contributed by atoms with E-state index in [0.29, 0.717) is 23.1 Å². The minimum absolute atomic E-state index is 0.106. The Morgan fingerprint density at radius 3 is 2.48 bits per heavy atom. The molecule has 0 aliphatic carbocycles. The van der Waals surface area contributed by atoms with Gasteiger partial charge < -0.3 is 15.2 Å². The van der Waals surface area contributed by atoms with Crippen LogP contribution in [-0.4, -0.2) is 32.3 Å². The zero-order valence-electron chi connectivity index (χ0n) is 18.2. The van der Waals surface area contributed by atoms with Crippen LogP contribution in [0.5, 0.6) is 0 Å². The number of nitrogens with one attached hydrogen (secondary N) is 2. The molecule has 1 aromatic heterocycles. The topological polar surface area (TPSA) is 88.9 Å². The van der Waals surface area contributed by atoms with E-state index < -0.39 is 0 Å². The average molecular weight is 438 g/mol. The molecule has 3 aromatic rings. The van der Waals surface area contributed by atoms with Gasteiger partial charge in [0.1, 0.15) is 0 Å². The van der Waals surface area contributed by atoms with Gasteiger partial charge in [0.05, 0.1) is 11.8 Å². The molecule has 162 valence electrons. The van der Waals surface area contributed by atoms with Gasteiger partial charge in [-0.1, -0.05) is 36.0 Å². The third-order valence-corrected chi connectivity index (χ3v) is 5.92. The van der Waals surface area contributed by atoms with Crippen LogP contribution < -0.4 is 10.6 Å². The van der Waals surface area contributed by atoms with Gasteiger partial charge in [-0.15, -0.1) is 10.2 Å². The lowest BCUT2D eigenvalue weighted by Crippen LogP contribution is -2.28. The molecule has 0 aliphatic rings. The molecular formula is C23H27N5O2S. The number of aromatic nitrogens is 3. The van der Waals surface area contributed by atoms with Gasteiger partial charge in [-0.3, -0.25) is 9.59 Å². The molecule has 2 N–H and O–H groups in total. The van der Waals surface area contributed by atoms with Gasteiger partial charge in [-0.05, 0) is 63.1 Å². The summed E-state index contributed by atoms with van der Waals surface area (Å²) >= 11 is 1.32. The molecule has 0 bridgehead atoms. The summed E-state index contributed by atoms with van der Waals surface area (Å²) in [4.78, 5) is 24.8. The number of hydrogen-bond acceptors (Lipinski definition) is 5. The number of rotatable bonds is 8. The van der Waals surface area contributed by atoms with E-state index in [-0.39, 0.29) is 23.6 Å². The normalized spacial score (nSPS) is 11.7. The van der Waals surface area contributed by atoms with Gasteiger partial charge in [0.2, 0.25) is 5.91 Å². The molecule has 8 heteroatoms. The minimum atomic E-state index is -0.320. The fraction of sp³-hybridized carbons (Fsp3) is 0.304. The Morgan fingerprint density at radius 2 is 1.81 bits per heavy atom. The predicted octanol–water partition coefficient (Wildman–Crippen LogP) is 4.14. The van der Waals surface area contributed by atoms with Crippen LogP contribution in [0.25, 0.3) is 0 Å². The number of anilines is 1. The first kappa shape index (κ1) is 22.6. The van der Waals surface area contributed by atoms with Crippen molar-refractivity contribution in [3.05, 3.63) is 71.0 Å². The number of thioether (sulfide) groups is 1. The van der Waals surface area contributed by atoms with E-state index in [0.717, 1.165) is 11.3 Å². The fourth-order valence-corrected chi connectivity index (χ4v) is 3.91. The monoisotopic (exact) mass is 437 g/mol. The average Bonchev–Trinajstić information content (AvgIpc) is 3.18. The maximum Gasteiger partial charge on any atom is 0.251 e. The Hall–Kier alpha value is -3.13. The summed E-state index contributed by atoms with van der Waals surface area (Å²) in [5, 5.41) is 15.0. The lowest BCUT2D eigenvalue weighted by molar-refractivity contribution is -0.113. The number of benzene rings is 2. The molecule has 31 heavy (non-hydrogen) atoms. The third-order valence-electron chi connectivity index (χ3n) is 4.96. The molecule has 3 rings (SSSR count). The van der Waals surface area contributed by atoms with E-state index >= 15 is 0 Å². The second kappa shape index (κ2) is 10.3. The first-order chi connectivity index (χ1) is 14.9. The van der Waals surface area contributed by atoms with Gasteiger partial charge in [0, 0.05) is 17.8 Å². The standard InChI is InChI=1S/C23H27N5O2S/c1-5-28-21(17(4)24-22(30)18-9-7-6-8-10-18)26-27-23(28)31-14-20(29)25-19-12-11-15(2)16(3)13-19/h6-13,17H,5,14H2,1-4H3,(H,24,30)(H,25,29)/t17-/m1/s1. The lowest BCUT2D eigenvalue weighted by Gasteiger charge is -2.15. The van der Waals surface area contributed by atoms with Crippen LogP contribution in [-0.2, 0) is 11.3 Å². The van der Waals surface area contributed by atoms with E-state index in [4.69, 9.17) is 0 Å². The van der Waals surface area contributed by atoms with Crippen molar-refractivity contribution < 1.29 is 9.59 Å². The van der Waals surface area contributed by atoms with Crippen LogP contribution in [0.4, 0.5) is 5.69 Å². The molecular weight excluding hydrogens is 410 g/mol. The van der Waals surface area contributed by atoms with Gasteiger partial charge in [-0.25, -0.2) is 0 Å². The molecule has 7 nitrogen and oxygen atoms in total. The van der Waals surface area contributed by atoms with Crippen molar-refractivity contribution in [3.63, 3.8) is 0 Å². The second-order valence-corrected chi connectivity index (χ2v) is 8.22. The fourth-order valence-electron chi connectivity index (χ4n) is 3.10. The summed E-state index contributed by atoms with van der Waals surface area (Å²) in [5.74, 6) is 0.603. The van der Waals surface area contributed by atoms with Crippen molar-refractivity contribution in [2.75, 3.05) is 11.1 Å². The highest BCUT2D eigenvalue weighted by Crippen LogP contribution is 2.21. The van der Waals surface area contributed by atoms with Crippen LogP contribution in [0.1, 0.15) is 47.2 Å². The Morgan fingerprint density at radius 1 is 1.06 bits per heavy atom. The molecule has 0 fully saturated rings. The molecule has 0 saturated carbocycles. The smallest absolute Gasteiger partial charge is 0.251 e. The zero-order valence-corrected chi connectivity index (χ0v) is 19.0. The first-order valence-electron chi connectivity index (χ1n) is 10.2. The molecule has 1 atom stereocenters. The van der Waals surface area contributed by atoms with E-state index in [1.165, 1.54) is 17.3 Å². The number of nitrogens with zero attached hydrogens (tertiary/aromatic N) is 3. The second-order valence-electron chi connectivity index (χ2n) is 7.28. The summed E-state index contributed by atoms with van der Waals surface area (Å²) < 4.78 is 1.92. The van der Waals surface area contributed by atoms with E-state index in [9.17, 15) is 9.59 Å². The maximum atomic E-state index is 12.4. The molecule has 0 saturated heterocycles. The Kier molecular flexibility index (Phi) is 7.46. The largest absolute Gasteiger partial charge is 0.342 e. The first-order valence-corrected chi connectivity index (χ1v) is 11.2. The number of hydrogen-bond donors (Lipinski definition) is 2. The molecule has 0 aliphatic heterocycles. The molecule has 1 heterocycles. The van der Waals surface area contributed by atoms with Gasteiger partial charge >= 0.3 is 0 Å². The van der Waals surface area contributed by atoms with Crippen molar-refractivity contribution in [1.29, 1.82) is 0 Å². The summed E-state index contributed by atoms with van der Waals surface area (Å²) in [6.07, 6.45) is 0. The van der Waals surface area contributed by atoms with Gasteiger partial charge in [-0.2, -0.15) is 0 Å². The third kappa shape index (κ3) is 5.73. The van der Waals surface area contributed by atoms with Gasteiger partial charge in [0.25, 0.3) is 5.91 Å². The van der Waals surface area contributed by atoms with Crippen LogP contribution in [0.15, 0.2) is 53.7 Å². The van der Waals surface area contributed by atoms with Crippen LogP contribution in [0, 0.1) is 13.8 Å². The highest BCUT2D eigenvalue weighted by molar-refractivity contribution is 7.99. The van der Waals surface area contributed by atoms with Crippen molar-refractivity contribution in [2.45, 2.75) is 45.4 Å². The predicted molar refractivity (Wildman–Crippen MR) is 123 cm³/mol. The van der Waals surface area contributed by atoms with Crippen molar-refractivity contribution in [2.24, 2.45) is 0 Å². The van der Waals surface area contributed by atoms with Crippen LogP contribution in [0.2, 0.25) is 0 Å². The summed E-state index contributed by atoms with van der Waals surface area (Å²) in [5.41, 5.74) is 3.69. The number of carbonyl (C=O) groups excluding carboxylic acids is 2. The highest BCUT2D eigenvalue weighted by Gasteiger charge is 2.20. The number of carbonyl (C=O) groups is 2. The van der Waals surface area contributed by atoms with E-state index in [2.05, 4.69) is 20.8 Å². The number of aryl methyl sites for hydroxylation is 2. The Balaban J connectivity index is 1.62. The van der Waals surface area contributed by atoms with Gasteiger partial charge in [0.15, 0.2) is 11.0 Å². The highest BCUT2D eigenvalue weighted by atomic mass is 32.2. The minimum Gasteiger partial charge on any atom is -0.342 e. The van der Waals surface area contributed by atoms with Crippen molar-refractivity contribution >= 4 is 29.3 Å². The van der Waals surface area contributed by atoms with Crippen molar-refractivity contribution in [3.8, 4) is 0 Å². The summed E-state index contributed by atoms with van der Waals surface area (Å²) in [6, 6.07) is 14.6. The molecule has 0 radical (unpaired) electrons. The molecule has 2 aromatic carbocycles. The quantitative estimate of drug-likeness (QED) is 0.517. The Bertz CT molecular complexity index is 1070. The number of amides is 2. The van der Waals surface area contributed by atoms with E-state index in [1.54, 1.807) is 12.1 Å². The molecule has 0 spiro atoms. The lowest BCUT2D eigenvalue weighted by atomic mass is 10.1. The van der Waals surface area contributed by atoms with Crippen LogP contribution in [0.3, 0.4) is 0 Å². The summed E-state index contributed by atoms with van der Waals surface area (Å²) in [7, 11) is 0. The van der Waals surface area contributed by atoms with E-state index in [1.807, 2.05) is 68.7 Å². The SMILES string of the molecule is CCn1c(SCC(=O)Nc2ccc(C)c(C)c2)nnc1[C@@H](C)NC(=O)c1ccccc1. The maximum absolute atomic E-state index is 12.4. The summed E-state index contributed by atoms with van der Waals surface area (Å²) in [6.45, 7) is 8.54. The zero-order chi connectivity index (χ0) is 22.4. The van der Waals surface area contributed by atoms with Crippen LogP contribution >= 0.6 is 11.8 Å². The molecule has 2 amide bonds.